The maximum Gasteiger partial charge on any atom is 0.315 e. The topological polar surface area (TPSA) is 80.4 Å². The monoisotopic (exact) mass is 396 g/mol. The van der Waals surface area contributed by atoms with Crippen LogP contribution in [-0.2, 0) is 22.4 Å². The minimum atomic E-state index is -0.294. The maximum absolute atomic E-state index is 14.0. The normalized spacial score (nSPS) is 12.7. The molecule has 4 rings (SSSR count). The van der Waals surface area contributed by atoms with Crippen LogP contribution in [0.3, 0.4) is 0 Å². The number of fused-ring (bicyclic) bond motifs is 2. The summed E-state index contributed by atoms with van der Waals surface area (Å²) in [7, 11) is 0. The summed E-state index contributed by atoms with van der Waals surface area (Å²) in [6.45, 7) is 4.13. The second-order valence-electron chi connectivity index (χ2n) is 7.15. The van der Waals surface area contributed by atoms with E-state index in [-0.39, 0.29) is 30.7 Å². The van der Waals surface area contributed by atoms with Crippen molar-refractivity contribution in [2.75, 3.05) is 13.2 Å². The zero-order chi connectivity index (χ0) is 20.5. The molecule has 0 spiro atoms. The molecule has 1 aliphatic heterocycles. The molecule has 0 bridgehead atoms. The van der Waals surface area contributed by atoms with Gasteiger partial charge in [0, 0.05) is 23.2 Å². The van der Waals surface area contributed by atoms with E-state index in [1.165, 1.54) is 6.07 Å². The molecule has 0 atom stereocenters. The van der Waals surface area contributed by atoms with Gasteiger partial charge in [-0.2, -0.15) is 0 Å². The molecular weight excluding hydrogens is 375 g/mol. The summed E-state index contributed by atoms with van der Waals surface area (Å²) in [4.78, 5) is 26.5. The van der Waals surface area contributed by atoms with Crippen molar-refractivity contribution in [3.05, 3.63) is 58.5 Å². The number of ether oxygens (including phenoxy) is 2. The minimum absolute atomic E-state index is 0.131. The largest absolute Gasteiger partial charge is 0.484 e. The molecule has 1 aliphatic rings. The molecule has 1 aromatic heterocycles. The lowest BCUT2D eigenvalue weighted by molar-refractivity contribution is -0.131. The Bertz CT molecular complexity index is 1120. The number of amides is 1. The van der Waals surface area contributed by atoms with Gasteiger partial charge in [-0.25, -0.2) is 4.39 Å². The number of aromatic nitrogens is 1. The number of carbonyl (C=O) groups excluding carboxylic acids is 2. The molecule has 0 unspecified atom stereocenters. The van der Waals surface area contributed by atoms with E-state index in [9.17, 15) is 14.0 Å². The molecule has 7 heteroatoms. The maximum atomic E-state index is 14.0. The second-order valence-corrected chi connectivity index (χ2v) is 7.15. The Balaban J connectivity index is 1.33. The molecular formula is C22H21FN2O4. The van der Waals surface area contributed by atoms with E-state index in [0.717, 1.165) is 27.8 Å². The summed E-state index contributed by atoms with van der Waals surface area (Å²) < 4.78 is 24.6. The summed E-state index contributed by atoms with van der Waals surface area (Å²) in [6.07, 6.45) is 0.795. The Labute approximate surface area is 167 Å². The first kappa shape index (κ1) is 19.0. The zero-order valence-electron chi connectivity index (χ0n) is 16.2. The molecule has 0 saturated carbocycles. The van der Waals surface area contributed by atoms with Gasteiger partial charge in [0.15, 0.2) is 6.61 Å². The molecule has 2 aromatic carbocycles. The third-order valence-corrected chi connectivity index (χ3v) is 5.09. The van der Waals surface area contributed by atoms with Crippen LogP contribution in [-0.4, -0.2) is 30.0 Å². The van der Waals surface area contributed by atoms with Gasteiger partial charge >= 0.3 is 5.97 Å². The number of esters is 1. The van der Waals surface area contributed by atoms with Gasteiger partial charge < -0.3 is 19.8 Å². The molecule has 3 aromatic rings. The molecule has 29 heavy (non-hydrogen) atoms. The van der Waals surface area contributed by atoms with Gasteiger partial charge in [-0.15, -0.1) is 0 Å². The SMILES string of the molecule is Cc1[nH]c2c(F)ccc(C)c2c1CCNC(=O)COc1ccc2c(c1)CC(=O)O2. The van der Waals surface area contributed by atoms with Crippen LogP contribution in [0.1, 0.15) is 22.4 Å². The summed E-state index contributed by atoms with van der Waals surface area (Å²) in [6, 6.07) is 8.25. The van der Waals surface area contributed by atoms with Gasteiger partial charge in [0.05, 0.1) is 11.9 Å². The van der Waals surface area contributed by atoms with E-state index in [1.807, 2.05) is 13.8 Å². The standard InChI is InChI=1S/C22H21FN2O4/c1-12-3-5-17(23)22-21(12)16(13(2)25-22)7-8-24-19(26)11-28-15-4-6-18-14(9-15)10-20(27)29-18/h3-6,9,25H,7-8,10-11H2,1-2H3,(H,24,26). The van der Waals surface area contributed by atoms with Gasteiger partial charge in [0.2, 0.25) is 0 Å². The summed E-state index contributed by atoms with van der Waals surface area (Å²) in [5, 5.41) is 3.70. The Kier molecular flexibility index (Phi) is 4.96. The molecule has 0 saturated heterocycles. The van der Waals surface area contributed by atoms with Gasteiger partial charge in [-0.05, 0) is 55.7 Å². The van der Waals surface area contributed by atoms with Crippen LogP contribution in [0.15, 0.2) is 30.3 Å². The zero-order valence-corrected chi connectivity index (χ0v) is 16.2. The number of H-pyrrole nitrogens is 1. The van der Waals surface area contributed by atoms with Crippen LogP contribution in [0.4, 0.5) is 4.39 Å². The average Bonchev–Trinajstić information content (AvgIpc) is 3.22. The lowest BCUT2D eigenvalue weighted by Gasteiger charge is -2.09. The van der Waals surface area contributed by atoms with Crippen molar-refractivity contribution in [2.24, 2.45) is 0 Å². The molecule has 0 radical (unpaired) electrons. The number of halogens is 1. The van der Waals surface area contributed by atoms with Crippen LogP contribution >= 0.6 is 0 Å². The number of carbonyl (C=O) groups is 2. The van der Waals surface area contributed by atoms with Crippen molar-refractivity contribution in [3.63, 3.8) is 0 Å². The smallest absolute Gasteiger partial charge is 0.315 e. The lowest BCUT2D eigenvalue weighted by Crippen LogP contribution is -2.30. The van der Waals surface area contributed by atoms with Crippen molar-refractivity contribution in [1.29, 1.82) is 0 Å². The van der Waals surface area contributed by atoms with Gasteiger partial charge in [-0.1, -0.05) is 6.07 Å². The first-order valence-corrected chi connectivity index (χ1v) is 9.41. The van der Waals surface area contributed by atoms with Gasteiger partial charge in [0.1, 0.15) is 17.3 Å². The van der Waals surface area contributed by atoms with E-state index in [2.05, 4.69) is 10.3 Å². The van der Waals surface area contributed by atoms with Gasteiger partial charge in [-0.3, -0.25) is 9.59 Å². The van der Waals surface area contributed by atoms with Crippen LogP contribution in [0.5, 0.6) is 11.5 Å². The highest BCUT2D eigenvalue weighted by Gasteiger charge is 2.20. The number of benzene rings is 2. The Morgan fingerprint density at radius 2 is 2.10 bits per heavy atom. The number of rotatable bonds is 6. The molecule has 6 nitrogen and oxygen atoms in total. The lowest BCUT2D eigenvalue weighted by atomic mass is 10.0. The minimum Gasteiger partial charge on any atom is -0.484 e. The Morgan fingerprint density at radius 3 is 2.93 bits per heavy atom. The van der Waals surface area contributed by atoms with Crippen molar-refractivity contribution < 1.29 is 23.5 Å². The highest BCUT2D eigenvalue weighted by molar-refractivity contribution is 5.88. The van der Waals surface area contributed by atoms with Crippen molar-refractivity contribution in [3.8, 4) is 11.5 Å². The number of aryl methyl sites for hydroxylation is 2. The van der Waals surface area contributed by atoms with E-state index in [1.54, 1.807) is 24.3 Å². The van der Waals surface area contributed by atoms with Crippen LogP contribution in [0, 0.1) is 19.7 Å². The average molecular weight is 396 g/mol. The van der Waals surface area contributed by atoms with Gasteiger partial charge in [0.25, 0.3) is 5.91 Å². The van der Waals surface area contributed by atoms with E-state index >= 15 is 0 Å². The predicted octanol–water partition coefficient (Wildman–Crippen LogP) is 3.12. The molecule has 2 N–H and O–H groups in total. The summed E-state index contributed by atoms with van der Waals surface area (Å²) >= 11 is 0. The van der Waals surface area contributed by atoms with E-state index in [0.29, 0.717) is 30.0 Å². The van der Waals surface area contributed by atoms with Crippen LogP contribution in [0.2, 0.25) is 0 Å². The number of aromatic amines is 1. The number of nitrogens with one attached hydrogen (secondary N) is 2. The summed E-state index contributed by atoms with van der Waals surface area (Å²) in [5.41, 5.74) is 4.15. The number of hydrogen-bond acceptors (Lipinski definition) is 4. The Morgan fingerprint density at radius 1 is 1.28 bits per heavy atom. The summed E-state index contributed by atoms with van der Waals surface area (Å²) in [5.74, 6) is 0.220. The van der Waals surface area contributed by atoms with E-state index < -0.39 is 0 Å². The van der Waals surface area contributed by atoms with Crippen molar-refractivity contribution in [1.82, 2.24) is 10.3 Å². The predicted molar refractivity (Wildman–Crippen MR) is 106 cm³/mol. The fourth-order valence-corrected chi connectivity index (χ4v) is 3.68. The highest BCUT2D eigenvalue weighted by Crippen LogP contribution is 2.30. The molecule has 2 heterocycles. The second kappa shape index (κ2) is 7.58. The molecule has 0 fully saturated rings. The third-order valence-electron chi connectivity index (χ3n) is 5.09. The molecule has 0 aliphatic carbocycles. The van der Waals surface area contributed by atoms with Crippen molar-refractivity contribution >= 4 is 22.8 Å². The first-order chi connectivity index (χ1) is 13.9. The third kappa shape index (κ3) is 3.81. The first-order valence-electron chi connectivity index (χ1n) is 9.41. The van der Waals surface area contributed by atoms with E-state index in [4.69, 9.17) is 9.47 Å². The van der Waals surface area contributed by atoms with Crippen LogP contribution < -0.4 is 14.8 Å². The molecule has 150 valence electrons. The van der Waals surface area contributed by atoms with Crippen molar-refractivity contribution in [2.45, 2.75) is 26.7 Å². The van der Waals surface area contributed by atoms with Crippen LogP contribution in [0.25, 0.3) is 10.9 Å². The molecule has 1 amide bonds. The fraction of sp³-hybridized carbons (Fsp3) is 0.273. The number of hydrogen-bond donors (Lipinski definition) is 2. The highest BCUT2D eigenvalue weighted by atomic mass is 19.1. The quantitative estimate of drug-likeness (QED) is 0.496. The fourth-order valence-electron chi connectivity index (χ4n) is 3.68. The Hall–Kier alpha value is -3.35.